The second-order valence-electron chi connectivity index (χ2n) is 8.65. The molecule has 1 aromatic carbocycles. The van der Waals surface area contributed by atoms with Crippen LogP contribution in [0.3, 0.4) is 0 Å². The molecule has 0 radical (unpaired) electrons. The number of carbonyl (C=O) groups excluding carboxylic acids is 2. The number of ether oxygens (including phenoxy) is 1. The molecule has 1 fully saturated rings. The van der Waals surface area contributed by atoms with Crippen LogP contribution >= 0.6 is 11.6 Å². The lowest BCUT2D eigenvalue weighted by atomic mass is 9.89. The fraction of sp³-hybridized carbons (Fsp3) is 0.619. The standard InChI is InChI=1S/C21H31ClN2O3/c1-21(2,3)14-27-20(26)23-16-10-11-17(18(22)12-16)19(25)24(4)13-15-8-6-5-7-9-15/h10-12,15H,5-9,13-14H2,1-4H3,(H,23,26). The summed E-state index contributed by atoms with van der Waals surface area (Å²) in [6, 6.07) is 4.91. The molecule has 0 aliphatic heterocycles. The lowest BCUT2D eigenvalue weighted by Crippen LogP contribution is -2.32. The van der Waals surface area contributed by atoms with E-state index in [1.165, 1.54) is 32.1 Å². The SMILES string of the molecule is CN(CC1CCCCC1)C(=O)c1ccc(NC(=O)OCC(C)(C)C)cc1Cl. The van der Waals surface area contributed by atoms with Gasteiger partial charge in [-0.3, -0.25) is 10.1 Å². The van der Waals surface area contributed by atoms with Crippen LogP contribution in [-0.2, 0) is 4.74 Å². The Labute approximate surface area is 167 Å². The summed E-state index contributed by atoms with van der Waals surface area (Å²) in [5.41, 5.74) is 0.850. The third kappa shape index (κ3) is 7.06. The van der Waals surface area contributed by atoms with Crippen LogP contribution in [0.5, 0.6) is 0 Å². The highest BCUT2D eigenvalue weighted by Gasteiger charge is 2.21. The highest BCUT2D eigenvalue weighted by Crippen LogP contribution is 2.26. The zero-order valence-corrected chi connectivity index (χ0v) is 17.6. The Kier molecular flexibility index (Phi) is 7.54. The first-order chi connectivity index (χ1) is 12.7. The van der Waals surface area contributed by atoms with E-state index >= 15 is 0 Å². The van der Waals surface area contributed by atoms with E-state index in [4.69, 9.17) is 16.3 Å². The van der Waals surface area contributed by atoms with E-state index in [1.54, 1.807) is 23.1 Å². The van der Waals surface area contributed by atoms with Crippen molar-refractivity contribution in [1.29, 1.82) is 0 Å². The molecule has 1 aliphatic rings. The molecule has 0 bridgehead atoms. The third-order valence-electron chi connectivity index (χ3n) is 4.69. The van der Waals surface area contributed by atoms with Gasteiger partial charge in [-0.25, -0.2) is 4.79 Å². The summed E-state index contributed by atoms with van der Waals surface area (Å²) >= 11 is 6.30. The maximum atomic E-state index is 12.7. The van der Waals surface area contributed by atoms with E-state index < -0.39 is 6.09 Å². The Balaban J connectivity index is 1.94. The fourth-order valence-electron chi connectivity index (χ4n) is 3.25. The van der Waals surface area contributed by atoms with E-state index in [2.05, 4.69) is 5.32 Å². The molecular formula is C21H31ClN2O3. The van der Waals surface area contributed by atoms with Crippen molar-refractivity contribution in [1.82, 2.24) is 4.90 Å². The van der Waals surface area contributed by atoms with Crippen LogP contribution in [0.4, 0.5) is 10.5 Å². The van der Waals surface area contributed by atoms with Gasteiger partial charge in [-0.05, 0) is 42.4 Å². The van der Waals surface area contributed by atoms with E-state index in [0.29, 0.717) is 28.8 Å². The second kappa shape index (κ2) is 9.45. The maximum Gasteiger partial charge on any atom is 0.411 e. The molecule has 2 amide bonds. The minimum Gasteiger partial charge on any atom is -0.449 e. The molecule has 6 heteroatoms. The quantitative estimate of drug-likeness (QED) is 0.708. The number of amides is 2. The summed E-state index contributed by atoms with van der Waals surface area (Å²) in [7, 11) is 1.82. The van der Waals surface area contributed by atoms with Crippen LogP contribution in [-0.4, -0.2) is 37.1 Å². The second-order valence-corrected chi connectivity index (χ2v) is 9.05. The number of anilines is 1. The average molecular weight is 395 g/mol. The number of nitrogens with zero attached hydrogens (tertiary/aromatic N) is 1. The van der Waals surface area contributed by atoms with E-state index in [1.807, 2.05) is 27.8 Å². The predicted octanol–water partition coefficient (Wildman–Crippen LogP) is 5.59. The molecule has 1 N–H and O–H groups in total. The van der Waals surface area contributed by atoms with Gasteiger partial charge in [-0.2, -0.15) is 0 Å². The first kappa shape index (κ1) is 21.5. The normalized spacial score (nSPS) is 15.3. The highest BCUT2D eigenvalue weighted by molar-refractivity contribution is 6.34. The summed E-state index contributed by atoms with van der Waals surface area (Å²) < 4.78 is 5.18. The molecule has 0 saturated heterocycles. The summed E-state index contributed by atoms with van der Waals surface area (Å²) in [4.78, 5) is 26.3. The van der Waals surface area contributed by atoms with Crippen LogP contribution in [0.15, 0.2) is 18.2 Å². The Morgan fingerprint density at radius 1 is 1.22 bits per heavy atom. The van der Waals surface area contributed by atoms with Crippen molar-refractivity contribution in [3.8, 4) is 0 Å². The molecule has 1 aliphatic carbocycles. The van der Waals surface area contributed by atoms with Gasteiger partial charge in [0.05, 0.1) is 17.2 Å². The number of halogens is 1. The first-order valence-electron chi connectivity index (χ1n) is 9.64. The Morgan fingerprint density at radius 3 is 2.48 bits per heavy atom. The molecule has 0 atom stereocenters. The number of hydrogen-bond acceptors (Lipinski definition) is 3. The maximum absolute atomic E-state index is 12.7. The molecule has 0 aromatic heterocycles. The third-order valence-corrected chi connectivity index (χ3v) is 5.00. The molecule has 1 aromatic rings. The van der Waals surface area contributed by atoms with Gasteiger partial charge in [0.1, 0.15) is 0 Å². The zero-order valence-electron chi connectivity index (χ0n) is 16.8. The van der Waals surface area contributed by atoms with E-state index in [0.717, 1.165) is 6.54 Å². The average Bonchev–Trinajstić information content (AvgIpc) is 2.60. The Hall–Kier alpha value is -1.75. The van der Waals surface area contributed by atoms with Gasteiger partial charge >= 0.3 is 6.09 Å². The van der Waals surface area contributed by atoms with E-state index in [9.17, 15) is 9.59 Å². The monoisotopic (exact) mass is 394 g/mol. The van der Waals surface area contributed by atoms with Gasteiger partial charge in [-0.1, -0.05) is 51.6 Å². The molecule has 5 nitrogen and oxygen atoms in total. The molecule has 0 unspecified atom stereocenters. The van der Waals surface area contributed by atoms with Gasteiger partial charge in [0.25, 0.3) is 5.91 Å². The molecule has 150 valence electrons. The number of hydrogen-bond donors (Lipinski definition) is 1. The number of rotatable bonds is 5. The van der Waals surface area contributed by atoms with Crippen LogP contribution in [0, 0.1) is 11.3 Å². The van der Waals surface area contributed by atoms with Gasteiger partial charge < -0.3 is 9.64 Å². The summed E-state index contributed by atoms with van der Waals surface area (Å²) in [6.45, 7) is 7.04. The lowest BCUT2D eigenvalue weighted by Gasteiger charge is -2.27. The topological polar surface area (TPSA) is 58.6 Å². The molecule has 1 saturated carbocycles. The van der Waals surface area contributed by atoms with Crippen molar-refractivity contribution in [3.63, 3.8) is 0 Å². The van der Waals surface area contributed by atoms with Gasteiger partial charge in [0.15, 0.2) is 0 Å². The number of benzene rings is 1. The van der Waals surface area contributed by atoms with Crippen molar-refractivity contribution >= 4 is 29.3 Å². The molecule has 0 heterocycles. The minimum absolute atomic E-state index is 0.0903. The van der Waals surface area contributed by atoms with Crippen molar-refractivity contribution < 1.29 is 14.3 Å². The number of carbonyl (C=O) groups is 2. The van der Waals surface area contributed by atoms with Crippen molar-refractivity contribution in [3.05, 3.63) is 28.8 Å². The van der Waals surface area contributed by atoms with E-state index in [-0.39, 0.29) is 11.3 Å². The summed E-state index contributed by atoms with van der Waals surface area (Å²) in [5.74, 6) is 0.484. The highest BCUT2D eigenvalue weighted by atomic mass is 35.5. The molecule has 27 heavy (non-hydrogen) atoms. The predicted molar refractivity (Wildman–Crippen MR) is 109 cm³/mol. The van der Waals surface area contributed by atoms with Gasteiger partial charge in [0, 0.05) is 19.3 Å². The smallest absolute Gasteiger partial charge is 0.411 e. The zero-order chi connectivity index (χ0) is 20.0. The Morgan fingerprint density at radius 2 is 1.89 bits per heavy atom. The van der Waals surface area contributed by atoms with Crippen molar-refractivity contribution in [2.45, 2.75) is 52.9 Å². The fourth-order valence-corrected chi connectivity index (χ4v) is 3.51. The van der Waals surface area contributed by atoms with Gasteiger partial charge in [0.2, 0.25) is 0 Å². The molecular weight excluding hydrogens is 364 g/mol. The minimum atomic E-state index is -0.533. The summed E-state index contributed by atoms with van der Waals surface area (Å²) in [5, 5.41) is 2.97. The summed E-state index contributed by atoms with van der Waals surface area (Å²) in [6.07, 6.45) is 5.63. The largest absolute Gasteiger partial charge is 0.449 e. The first-order valence-corrected chi connectivity index (χ1v) is 10.0. The van der Waals surface area contributed by atoms with Crippen LogP contribution in [0.2, 0.25) is 5.02 Å². The molecule has 0 spiro atoms. The number of nitrogens with one attached hydrogen (secondary N) is 1. The van der Waals surface area contributed by atoms with Gasteiger partial charge in [-0.15, -0.1) is 0 Å². The molecule has 2 rings (SSSR count). The van der Waals surface area contributed by atoms with Crippen molar-refractivity contribution in [2.24, 2.45) is 11.3 Å². The van der Waals surface area contributed by atoms with Crippen molar-refractivity contribution in [2.75, 3.05) is 25.5 Å². The van der Waals surface area contributed by atoms with Crippen LogP contribution in [0.25, 0.3) is 0 Å². The lowest BCUT2D eigenvalue weighted by molar-refractivity contribution is 0.0760. The Bertz CT molecular complexity index is 664. The van der Waals surface area contributed by atoms with Crippen LogP contribution in [0.1, 0.15) is 63.2 Å². The van der Waals surface area contributed by atoms with Crippen LogP contribution < -0.4 is 5.32 Å².